The summed E-state index contributed by atoms with van der Waals surface area (Å²) in [5.41, 5.74) is 2.22. The summed E-state index contributed by atoms with van der Waals surface area (Å²) in [6, 6.07) is 13.7. The van der Waals surface area contributed by atoms with Crippen molar-refractivity contribution >= 4 is 27.5 Å². The molecule has 0 aromatic heterocycles. The molecule has 0 aliphatic carbocycles. The fourth-order valence-electron chi connectivity index (χ4n) is 1.50. The number of rotatable bonds is 3. The third kappa shape index (κ3) is 3.02. The van der Waals surface area contributed by atoms with Gasteiger partial charge in [-0.05, 0) is 36.2 Å². The number of ether oxygens (including phenoxy) is 1. The zero-order valence-corrected chi connectivity index (χ0v) is 11.8. The summed E-state index contributed by atoms with van der Waals surface area (Å²) in [5, 5.41) is 1.42. The molecule has 17 heavy (non-hydrogen) atoms. The van der Waals surface area contributed by atoms with Gasteiger partial charge < -0.3 is 4.74 Å². The summed E-state index contributed by atoms with van der Waals surface area (Å²) in [5.74, 6) is 1.52. The van der Waals surface area contributed by atoms with E-state index >= 15 is 0 Å². The van der Waals surface area contributed by atoms with Crippen molar-refractivity contribution in [3.63, 3.8) is 0 Å². The van der Waals surface area contributed by atoms with Crippen molar-refractivity contribution in [3.8, 4) is 11.5 Å². The quantitative estimate of drug-likeness (QED) is 0.696. The predicted molar refractivity (Wildman–Crippen MR) is 75.3 cm³/mol. The van der Waals surface area contributed by atoms with Gasteiger partial charge in [0.2, 0.25) is 0 Å². The summed E-state index contributed by atoms with van der Waals surface area (Å²) >= 11 is 9.56. The summed E-state index contributed by atoms with van der Waals surface area (Å²) in [6.45, 7) is 2.01. The molecule has 88 valence electrons. The van der Waals surface area contributed by atoms with Crippen molar-refractivity contribution in [2.75, 3.05) is 0 Å². The average molecular weight is 312 g/mol. The first kappa shape index (κ1) is 12.5. The standard InChI is InChI=1S/C14H12BrClO/c1-10-4-2-3-5-13(10)17-14-7-6-11(9-15)8-12(14)16/h2-8H,9H2,1H3. The second-order valence-corrected chi connectivity index (χ2v) is 4.73. The van der Waals surface area contributed by atoms with Gasteiger partial charge in [-0.25, -0.2) is 0 Å². The maximum atomic E-state index is 6.16. The molecular weight excluding hydrogens is 300 g/mol. The van der Waals surface area contributed by atoms with Crippen LogP contribution in [0, 0.1) is 6.92 Å². The van der Waals surface area contributed by atoms with Crippen molar-refractivity contribution in [1.82, 2.24) is 0 Å². The molecule has 0 aliphatic rings. The Morgan fingerprint density at radius 2 is 1.88 bits per heavy atom. The Labute approximate surface area is 115 Å². The third-order valence-electron chi connectivity index (χ3n) is 2.46. The van der Waals surface area contributed by atoms with Crippen LogP contribution in [0.3, 0.4) is 0 Å². The maximum absolute atomic E-state index is 6.16. The summed E-state index contributed by atoms with van der Waals surface area (Å²) < 4.78 is 5.79. The Kier molecular flexibility index (Phi) is 4.08. The van der Waals surface area contributed by atoms with E-state index in [2.05, 4.69) is 15.9 Å². The molecule has 0 saturated carbocycles. The SMILES string of the molecule is Cc1ccccc1Oc1ccc(CBr)cc1Cl. The van der Waals surface area contributed by atoms with E-state index in [9.17, 15) is 0 Å². The van der Waals surface area contributed by atoms with Crippen LogP contribution in [0.25, 0.3) is 0 Å². The van der Waals surface area contributed by atoms with E-state index in [-0.39, 0.29) is 0 Å². The molecule has 0 amide bonds. The summed E-state index contributed by atoms with van der Waals surface area (Å²) in [6.07, 6.45) is 0. The summed E-state index contributed by atoms with van der Waals surface area (Å²) in [7, 11) is 0. The fraction of sp³-hybridized carbons (Fsp3) is 0.143. The highest BCUT2D eigenvalue weighted by Gasteiger charge is 2.05. The summed E-state index contributed by atoms with van der Waals surface area (Å²) in [4.78, 5) is 0. The number of aryl methyl sites for hydroxylation is 1. The number of alkyl halides is 1. The topological polar surface area (TPSA) is 9.23 Å². The zero-order valence-electron chi connectivity index (χ0n) is 9.41. The lowest BCUT2D eigenvalue weighted by Gasteiger charge is -2.10. The Morgan fingerprint density at radius 3 is 2.53 bits per heavy atom. The van der Waals surface area contributed by atoms with Crippen LogP contribution in [-0.4, -0.2) is 0 Å². The first-order valence-electron chi connectivity index (χ1n) is 5.28. The van der Waals surface area contributed by atoms with Crippen LogP contribution in [0.15, 0.2) is 42.5 Å². The molecular formula is C14H12BrClO. The minimum atomic E-state index is 0.630. The largest absolute Gasteiger partial charge is 0.456 e. The van der Waals surface area contributed by atoms with Gasteiger partial charge >= 0.3 is 0 Å². The minimum absolute atomic E-state index is 0.630. The molecule has 0 radical (unpaired) electrons. The van der Waals surface area contributed by atoms with E-state index in [0.29, 0.717) is 10.8 Å². The van der Waals surface area contributed by atoms with E-state index in [0.717, 1.165) is 22.2 Å². The number of halogens is 2. The first-order valence-corrected chi connectivity index (χ1v) is 6.78. The molecule has 0 atom stereocenters. The highest BCUT2D eigenvalue weighted by atomic mass is 79.9. The number of para-hydroxylation sites is 1. The molecule has 1 nitrogen and oxygen atoms in total. The van der Waals surface area contributed by atoms with Crippen LogP contribution in [0.5, 0.6) is 11.5 Å². The van der Waals surface area contributed by atoms with Gasteiger partial charge in [0.15, 0.2) is 0 Å². The Morgan fingerprint density at radius 1 is 1.12 bits per heavy atom. The Bertz CT molecular complexity index is 525. The first-order chi connectivity index (χ1) is 8.20. The number of hydrogen-bond acceptors (Lipinski definition) is 1. The smallest absolute Gasteiger partial charge is 0.146 e. The van der Waals surface area contributed by atoms with Gasteiger partial charge in [-0.1, -0.05) is 51.8 Å². The minimum Gasteiger partial charge on any atom is -0.456 e. The molecule has 3 heteroatoms. The molecule has 2 aromatic rings. The molecule has 0 fully saturated rings. The van der Waals surface area contributed by atoms with Crippen molar-refractivity contribution in [3.05, 3.63) is 58.6 Å². The maximum Gasteiger partial charge on any atom is 0.146 e. The lowest BCUT2D eigenvalue weighted by atomic mass is 10.2. The molecule has 0 heterocycles. The molecule has 0 bridgehead atoms. The van der Waals surface area contributed by atoms with Crippen LogP contribution in [0.4, 0.5) is 0 Å². The second-order valence-electron chi connectivity index (χ2n) is 3.77. The van der Waals surface area contributed by atoms with Crippen LogP contribution >= 0.6 is 27.5 Å². The average Bonchev–Trinajstić information content (AvgIpc) is 2.34. The van der Waals surface area contributed by atoms with Crippen molar-refractivity contribution in [1.29, 1.82) is 0 Å². The monoisotopic (exact) mass is 310 g/mol. The normalized spacial score (nSPS) is 10.3. The highest BCUT2D eigenvalue weighted by molar-refractivity contribution is 9.08. The van der Waals surface area contributed by atoms with Gasteiger partial charge in [-0.2, -0.15) is 0 Å². The number of benzene rings is 2. The van der Waals surface area contributed by atoms with Gasteiger partial charge in [0, 0.05) is 5.33 Å². The van der Waals surface area contributed by atoms with Crippen molar-refractivity contribution in [2.45, 2.75) is 12.3 Å². The fourth-order valence-corrected chi connectivity index (χ4v) is 2.09. The van der Waals surface area contributed by atoms with Gasteiger partial charge in [-0.3, -0.25) is 0 Å². The van der Waals surface area contributed by atoms with Gasteiger partial charge in [0.05, 0.1) is 5.02 Å². The number of hydrogen-bond donors (Lipinski definition) is 0. The lowest BCUT2D eigenvalue weighted by Crippen LogP contribution is -1.89. The van der Waals surface area contributed by atoms with Crippen LogP contribution in [-0.2, 0) is 5.33 Å². The molecule has 2 aromatic carbocycles. The predicted octanol–water partition coefficient (Wildman–Crippen LogP) is 5.34. The molecule has 0 saturated heterocycles. The highest BCUT2D eigenvalue weighted by Crippen LogP contribution is 2.31. The van der Waals surface area contributed by atoms with Crippen molar-refractivity contribution < 1.29 is 4.74 Å². The van der Waals surface area contributed by atoms with E-state index in [4.69, 9.17) is 16.3 Å². The van der Waals surface area contributed by atoms with Gasteiger partial charge in [0.1, 0.15) is 11.5 Å². The van der Waals surface area contributed by atoms with E-state index < -0.39 is 0 Å². The molecule has 0 unspecified atom stereocenters. The molecule has 0 spiro atoms. The van der Waals surface area contributed by atoms with Gasteiger partial charge in [0.25, 0.3) is 0 Å². The zero-order chi connectivity index (χ0) is 12.3. The van der Waals surface area contributed by atoms with Gasteiger partial charge in [-0.15, -0.1) is 0 Å². The molecule has 0 N–H and O–H groups in total. The Balaban J connectivity index is 2.28. The van der Waals surface area contributed by atoms with E-state index in [1.165, 1.54) is 0 Å². The van der Waals surface area contributed by atoms with Crippen molar-refractivity contribution in [2.24, 2.45) is 0 Å². The third-order valence-corrected chi connectivity index (χ3v) is 3.41. The van der Waals surface area contributed by atoms with E-state index in [1.807, 2.05) is 49.4 Å². The molecule has 0 aliphatic heterocycles. The Hall–Kier alpha value is -0.990. The molecule has 2 rings (SSSR count). The van der Waals surface area contributed by atoms with Crippen LogP contribution < -0.4 is 4.74 Å². The second kappa shape index (κ2) is 5.56. The van der Waals surface area contributed by atoms with Crippen LogP contribution in [0.2, 0.25) is 5.02 Å². The van der Waals surface area contributed by atoms with Crippen LogP contribution in [0.1, 0.15) is 11.1 Å². The van der Waals surface area contributed by atoms with E-state index in [1.54, 1.807) is 0 Å². The lowest BCUT2D eigenvalue weighted by molar-refractivity contribution is 0.479.